The monoisotopic (exact) mass is 804 g/mol. The number of aliphatic hydroxyl groups is 1. The third-order valence-corrected chi connectivity index (χ3v) is 17.1. The highest BCUT2D eigenvalue weighted by Gasteiger charge is 2.71. The summed E-state index contributed by atoms with van der Waals surface area (Å²) >= 11 is 6.22. The summed E-state index contributed by atoms with van der Waals surface area (Å²) in [5.74, 6) is 0.707. The molecule has 1 heterocycles. The van der Waals surface area contributed by atoms with Crippen molar-refractivity contribution in [2.75, 3.05) is 6.54 Å². The van der Waals surface area contributed by atoms with Crippen LogP contribution in [0.15, 0.2) is 35.4 Å². The van der Waals surface area contributed by atoms with Crippen molar-refractivity contribution in [2.24, 2.45) is 61.9 Å². The lowest BCUT2D eigenvalue weighted by Crippen LogP contribution is -2.66. The van der Waals surface area contributed by atoms with Crippen LogP contribution in [-0.4, -0.2) is 55.3 Å². The number of carbonyl (C=O) groups is 3. The molecular formula is C46H65ClN4O6. The molecule has 10 nitrogen and oxygen atoms in total. The summed E-state index contributed by atoms with van der Waals surface area (Å²) in [4.78, 5) is 39.3. The van der Waals surface area contributed by atoms with Crippen LogP contribution in [0.2, 0.25) is 5.02 Å². The van der Waals surface area contributed by atoms with Gasteiger partial charge in [0.25, 0.3) is 0 Å². The third-order valence-electron chi connectivity index (χ3n) is 16.9. The summed E-state index contributed by atoms with van der Waals surface area (Å²) in [6.07, 6.45) is 6.09. The number of ketones is 1. The smallest absolute Gasteiger partial charge is 0.309 e. The van der Waals surface area contributed by atoms with Gasteiger partial charge in [-0.3, -0.25) is 14.4 Å². The molecule has 2 aromatic rings. The first-order chi connectivity index (χ1) is 26.6. The number of aliphatic carboxylic acids is 1. The van der Waals surface area contributed by atoms with Crippen molar-refractivity contribution in [3.8, 4) is 11.4 Å². The zero-order chi connectivity index (χ0) is 41.7. The average Bonchev–Trinajstić information content (AvgIpc) is 3.68. The topological polar surface area (TPSA) is 158 Å². The van der Waals surface area contributed by atoms with Gasteiger partial charge in [-0.15, -0.1) is 10.2 Å². The Bertz CT molecular complexity index is 1970. The number of fused-ring (bicyclic) bond motifs is 7. The minimum atomic E-state index is -1.18. The number of aromatic nitrogens is 3. The largest absolute Gasteiger partial charge is 0.481 e. The van der Waals surface area contributed by atoms with Crippen LogP contribution in [0.25, 0.3) is 11.4 Å². The number of esters is 1. The molecule has 4 N–H and O–H groups in total. The van der Waals surface area contributed by atoms with Crippen LogP contribution in [0.3, 0.4) is 0 Å². The highest BCUT2D eigenvalue weighted by atomic mass is 35.5. The molecule has 11 heteroatoms. The molecule has 0 amide bonds. The first-order valence-electron chi connectivity index (χ1n) is 21.4. The van der Waals surface area contributed by atoms with E-state index in [-0.39, 0.29) is 58.2 Å². The first kappa shape index (κ1) is 42.1. The van der Waals surface area contributed by atoms with Crippen LogP contribution in [0.1, 0.15) is 138 Å². The highest BCUT2D eigenvalue weighted by Crippen LogP contribution is 2.77. The Morgan fingerprint density at radius 1 is 0.965 bits per heavy atom. The van der Waals surface area contributed by atoms with E-state index in [0.717, 1.165) is 56.1 Å². The standard InChI is InChI=1S/C46H65ClN4O6/c1-26(2)35-30(52)24-46(37(54)39-50-49-38(51(39)23-22-48)27-10-12-28(47)13-11-27)21-20-44(8)29(36(35)46)14-15-32-43(7)18-17-33(57-34(53)25-41(3,4)40(55)56)42(5,6)31(43)16-19-45(32,44)9/h10-13,26,29,31-33,37,54H,14-25,48H2,1-9H3,(H,55,56)/t29-,31+,32-,33+,37+,43+,44-,45-,46-/m1/s1. The number of halogens is 1. The molecule has 4 fully saturated rings. The van der Waals surface area contributed by atoms with E-state index in [2.05, 4.69) is 58.7 Å². The highest BCUT2D eigenvalue weighted by molar-refractivity contribution is 6.30. The van der Waals surface area contributed by atoms with Gasteiger partial charge < -0.3 is 25.3 Å². The van der Waals surface area contributed by atoms with Crippen molar-refractivity contribution in [1.29, 1.82) is 0 Å². The second-order valence-corrected chi connectivity index (χ2v) is 21.2. The van der Waals surface area contributed by atoms with Gasteiger partial charge in [0.05, 0.1) is 11.8 Å². The van der Waals surface area contributed by atoms with Gasteiger partial charge in [-0.25, -0.2) is 0 Å². The predicted molar refractivity (Wildman–Crippen MR) is 220 cm³/mol. The Kier molecular flexibility index (Phi) is 10.5. The van der Waals surface area contributed by atoms with Crippen LogP contribution >= 0.6 is 11.6 Å². The number of hydrogen-bond donors (Lipinski definition) is 3. The Labute approximate surface area is 343 Å². The lowest BCUT2D eigenvalue weighted by atomic mass is 9.33. The number of carboxylic acids is 1. The second-order valence-electron chi connectivity index (χ2n) is 20.8. The molecule has 0 saturated heterocycles. The van der Waals surface area contributed by atoms with E-state index in [1.165, 1.54) is 5.57 Å². The minimum absolute atomic E-state index is 0.0131. The van der Waals surface area contributed by atoms with Crippen molar-refractivity contribution in [3.63, 3.8) is 0 Å². The Balaban J connectivity index is 1.22. The summed E-state index contributed by atoms with van der Waals surface area (Å²) in [6.45, 7) is 20.2. The number of hydrogen-bond acceptors (Lipinski definition) is 8. The van der Waals surface area contributed by atoms with Crippen LogP contribution in [0.5, 0.6) is 0 Å². The van der Waals surface area contributed by atoms with E-state index in [4.69, 9.17) is 22.1 Å². The Morgan fingerprint density at radius 2 is 1.65 bits per heavy atom. The number of nitrogens with two attached hydrogens (primary N) is 1. The van der Waals surface area contributed by atoms with E-state index < -0.39 is 28.9 Å². The van der Waals surface area contributed by atoms with E-state index in [9.17, 15) is 24.6 Å². The fourth-order valence-electron chi connectivity index (χ4n) is 13.8. The van der Waals surface area contributed by atoms with Crippen LogP contribution in [-0.2, 0) is 25.7 Å². The number of ether oxygens (including phenoxy) is 1. The van der Waals surface area contributed by atoms with Gasteiger partial charge in [0.15, 0.2) is 17.4 Å². The molecular weight excluding hydrogens is 740 g/mol. The maximum absolute atomic E-state index is 14.4. The Hall–Kier alpha value is -3.08. The second kappa shape index (κ2) is 14.3. The molecule has 7 rings (SSSR count). The third kappa shape index (κ3) is 6.27. The normalized spacial score (nSPS) is 35.3. The van der Waals surface area contributed by atoms with E-state index in [0.29, 0.717) is 48.0 Å². The van der Waals surface area contributed by atoms with E-state index in [1.54, 1.807) is 13.8 Å². The van der Waals surface area contributed by atoms with Crippen LogP contribution < -0.4 is 5.73 Å². The summed E-state index contributed by atoms with van der Waals surface area (Å²) in [5.41, 5.74) is 6.71. The molecule has 0 radical (unpaired) electrons. The molecule has 9 atom stereocenters. The van der Waals surface area contributed by atoms with Crippen molar-refractivity contribution in [3.05, 3.63) is 46.3 Å². The SMILES string of the molecule is CC(C)C1=C2[C@H]3CC[C@@H]4[C@@]5(C)CC[C@H](OC(=O)CC(C)(C)C(=O)O)C(C)(C)[C@@H]5CC[C@@]4(C)[C@]3(C)CC[C@@]2([C@@H](O)c2nnc(-c3ccc(Cl)cc3)n2CCN)CC1=O. The van der Waals surface area contributed by atoms with Crippen molar-refractivity contribution in [2.45, 2.75) is 145 Å². The molecule has 1 aromatic carbocycles. The summed E-state index contributed by atoms with van der Waals surface area (Å²) in [6, 6.07) is 7.44. The first-order valence-corrected chi connectivity index (χ1v) is 21.7. The van der Waals surface area contributed by atoms with Crippen molar-refractivity contribution < 1.29 is 29.3 Å². The van der Waals surface area contributed by atoms with Gasteiger partial charge >= 0.3 is 11.9 Å². The fourth-order valence-corrected chi connectivity index (χ4v) is 13.9. The quantitative estimate of drug-likeness (QED) is 0.199. The summed E-state index contributed by atoms with van der Waals surface area (Å²) in [7, 11) is 0. The summed E-state index contributed by atoms with van der Waals surface area (Å²) < 4.78 is 8.12. The van der Waals surface area contributed by atoms with E-state index in [1.807, 2.05) is 28.8 Å². The van der Waals surface area contributed by atoms with Gasteiger partial charge in [-0.2, -0.15) is 0 Å². The van der Waals surface area contributed by atoms with Crippen LogP contribution in [0.4, 0.5) is 0 Å². The lowest BCUT2D eigenvalue weighted by molar-refractivity contribution is -0.235. The van der Waals surface area contributed by atoms with Crippen molar-refractivity contribution >= 4 is 29.3 Å². The molecule has 0 unspecified atom stereocenters. The average molecular weight is 806 g/mol. The summed E-state index contributed by atoms with van der Waals surface area (Å²) in [5, 5.41) is 32.3. The zero-order valence-electron chi connectivity index (χ0n) is 35.6. The van der Waals surface area contributed by atoms with Gasteiger partial charge in [0.2, 0.25) is 0 Å². The molecule has 0 bridgehead atoms. The number of rotatable bonds is 10. The number of benzene rings is 1. The minimum Gasteiger partial charge on any atom is -0.481 e. The van der Waals surface area contributed by atoms with Crippen LogP contribution in [0, 0.1) is 56.2 Å². The molecule has 0 spiro atoms. The molecule has 5 aliphatic rings. The molecule has 57 heavy (non-hydrogen) atoms. The zero-order valence-corrected chi connectivity index (χ0v) is 36.3. The number of Topliss-reactive ketones (excluding diaryl/α,β-unsaturated/α-hetero) is 1. The number of aliphatic hydroxyl groups excluding tert-OH is 1. The molecule has 1 aromatic heterocycles. The van der Waals surface area contributed by atoms with Gasteiger partial charge in [0, 0.05) is 40.9 Å². The van der Waals surface area contributed by atoms with Gasteiger partial charge in [-0.1, -0.05) is 60.1 Å². The number of carbonyl (C=O) groups excluding carboxylic acids is 2. The molecule has 312 valence electrons. The molecule has 4 saturated carbocycles. The lowest BCUT2D eigenvalue weighted by Gasteiger charge is -2.72. The molecule has 5 aliphatic carbocycles. The van der Waals surface area contributed by atoms with E-state index >= 15 is 0 Å². The number of carboxylic acid groups (broad SMARTS) is 1. The Morgan fingerprint density at radius 3 is 2.28 bits per heavy atom. The maximum Gasteiger partial charge on any atom is 0.309 e. The van der Waals surface area contributed by atoms with Gasteiger partial charge in [-0.05, 0) is 141 Å². The predicted octanol–water partition coefficient (Wildman–Crippen LogP) is 8.98. The fraction of sp³-hybridized carbons (Fsp3) is 0.717. The van der Waals surface area contributed by atoms with Crippen molar-refractivity contribution in [1.82, 2.24) is 14.8 Å². The number of allylic oxidation sites excluding steroid dienone is 1. The number of nitrogens with zero attached hydrogens (tertiary/aromatic N) is 3. The molecule has 0 aliphatic heterocycles. The van der Waals surface area contributed by atoms with Gasteiger partial charge in [0.1, 0.15) is 12.2 Å². The maximum atomic E-state index is 14.4.